The maximum absolute atomic E-state index is 13.7. The third-order valence-electron chi connectivity index (χ3n) is 2.60. The van der Waals surface area contributed by atoms with Crippen molar-refractivity contribution in [3.63, 3.8) is 0 Å². The zero-order valence-electron chi connectivity index (χ0n) is 12.0. The molecule has 0 saturated heterocycles. The number of hydrogen-bond acceptors (Lipinski definition) is 3. The Morgan fingerprint density at radius 1 is 1.18 bits per heavy atom. The molecular formula is C14H17ClF4OS2. The van der Waals surface area contributed by atoms with E-state index in [0.717, 1.165) is 10.6 Å². The fourth-order valence-electron chi connectivity index (χ4n) is 1.64. The van der Waals surface area contributed by atoms with Gasteiger partial charge in [0, 0.05) is 10.6 Å². The second-order valence-corrected chi connectivity index (χ2v) is 7.22. The van der Waals surface area contributed by atoms with E-state index in [-0.39, 0.29) is 29.9 Å². The second-order valence-electron chi connectivity index (χ2n) is 4.35. The standard InChI is InChI=1S/C14H17ClF4OS2/c1-2-21-13-9-12(11(16)8-10(13)15)20-6-4-3-5-7-22-14(17,18)19/h8-9H,2-7H2,1H3. The fourth-order valence-corrected chi connectivity index (χ4v) is 3.23. The molecule has 0 heterocycles. The van der Waals surface area contributed by atoms with Gasteiger partial charge in [0.15, 0.2) is 11.6 Å². The van der Waals surface area contributed by atoms with Crippen LogP contribution in [0.25, 0.3) is 0 Å². The van der Waals surface area contributed by atoms with Crippen LogP contribution in [0.2, 0.25) is 5.02 Å². The van der Waals surface area contributed by atoms with E-state index in [1.54, 1.807) is 6.07 Å². The van der Waals surface area contributed by atoms with Crippen molar-refractivity contribution in [3.8, 4) is 5.75 Å². The van der Waals surface area contributed by atoms with E-state index in [9.17, 15) is 17.6 Å². The van der Waals surface area contributed by atoms with Crippen LogP contribution in [0.1, 0.15) is 26.2 Å². The van der Waals surface area contributed by atoms with Gasteiger partial charge in [0.1, 0.15) is 0 Å². The minimum atomic E-state index is -4.17. The van der Waals surface area contributed by atoms with Crippen molar-refractivity contribution in [1.29, 1.82) is 0 Å². The Labute approximate surface area is 141 Å². The molecule has 0 N–H and O–H groups in total. The molecule has 0 amide bonds. The predicted octanol–water partition coefficient (Wildman–Crippen LogP) is 6.39. The molecule has 0 aliphatic rings. The Kier molecular flexibility index (Phi) is 8.79. The normalized spacial score (nSPS) is 11.7. The summed E-state index contributed by atoms with van der Waals surface area (Å²) in [5.41, 5.74) is -4.17. The number of ether oxygens (including phenoxy) is 1. The topological polar surface area (TPSA) is 9.23 Å². The third kappa shape index (κ3) is 7.83. The maximum Gasteiger partial charge on any atom is 0.441 e. The van der Waals surface area contributed by atoms with Crippen LogP contribution in [0, 0.1) is 5.82 Å². The Morgan fingerprint density at radius 3 is 2.55 bits per heavy atom. The SMILES string of the molecule is CCSc1cc(OCCCCCSC(F)(F)F)c(F)cc1Cl. The van der Waals surface area contributed by atoms with Crippen LogP contribution < -0.4 is 4.74 Å². The van der Waals surface area contributed by atoms with E-state index in [1.807, 2.05) is 6.92 Å². The number of hydrogen-bond donors (Lipinski definition) is 0. The summed E-state index contributed by atoms with van der Waals surface area (Å²) in [6.45, 7) is 2.23. The highest BCUT2D eigenvalue weighted by atomic mass is 35.5. The highest BCUT2D eigenvalue weighted by Crippen LogP contribution is 2.33. The molecular weight excluding hydrogens is 360 g/mol. The van der Waals surface area contributed by atoms with Crippen LogP contribution in [-0.4, -0.2) is 23.6 Å². The van der Waals surface area contributed by atoms with Gasteiger partial charge in [-0.2, -0.15) is 13.2 Å². The average Bonchev–Trinajstić information content (AvgIpc) is 2.41. The first kappa shape index (κ1) is 19.8. The highest BCUT2D eigenvalue weighted by Gasteiger charge is 2.27. The Balaban J connectivity index is 2.31. The van der Waals surface area contributed by atoms with Crippen molar-refractivity contribution >= 4 is 35.1 Å². The number of alkyl halides is 3. The van der Waals surface area contributed by atoms with Crippen LogP contribution in [0.15, 0.2) is 17.0 Å². The van der Waals surface area contributed by atoms with Gasteiger partial charge < -0.3 is 4.74 Å². The Hall–Kier alpha value is -0.270. The summed E-state index contributed by atoms with van der Waals surface area (Å²) in [6.07, 6.45) is 1.64. The van der Waals surface area contributed by atoms with E-state index in [1.165, 1.54) is 17.8 Å². The van der Waals surface area contributed by atoms with E-state index >= 15 is 0 Å². The van der Waals surface area contributed by atoms with Crippen LogP contribution >= 0.6 is 35.1 Å². The molecule has 1 aromatic carbocycles. The molecule has 0 aromatic heterocycles. The minimum absolute atomic E-state index is 0.0188. The van der Waals surface area contributed by atoms with Crippen LogP contribution in [0.4, 0.5) is 17.6 Å². The first-order valence-electron chi connectivity index (χ1n) is 6.79. The molecule has 1 aromatic rings. The minimum Gasteiger partial charge on any atom is -0.490 e. The molecule has 1 rings (SSSR count). The van der Waals surface area contributed by atoms with Crippen LogP contribution in [0.3, 0.4) is 0 Å². The second kappa shape index (κ2) is 9.78. The van der Waals surface area contributed by atoms with Gasteiger partial charge in [0.25, 0.3) is 0 Å². The van der Waals surface area contributed by atoms with Crippen LogP contribution in [-0.2, 0) is 0 Å². The summed E-state index contributed by atoms with van der Waals surface area (Å²) in [5.74, 6) is 0.445. The monoisotopic (exact) mass is 376 g/mol. The van der Waals surface area contributed by atoms with Gasteiger partial charge in [-0.05, 0) is 37.1 Å². The first-order chi connectivity index (χ1) is 10.3. The van der Waals surface area contributed by atoms with Gasteiger partial charge in [-0.15, -0.1) is 11.8 Å². The van der Waals surface area contributed by atoms with Crippen molar-refractivity contribution in [1.82, 2.24) is 0 Å². The first-order valence-corrected chi connectivity index (χ1v) is 9.13. The molecule has 0 aliphatic carbocycles. The smallest absolute Gasteiger partial charge is 0.441 e. The molecule has 0 unspecified atom stereocenters. The predicted molar refractivity (Wildman–Crippen MR) is 85.7 cm³/mol. The lowest BCUT2D eigenvalue weighted by atomic mass is 10.2. The van der Waals surface area contributed by atoms with Gasteiger partial charge in [-0.3, -0.25) is 0 Å². The molecule has 0 bridgehead atoms. The van der Waals surface area contributed by atoms with Crippen molar-refractivity contribution in [3.05, 3.63) is 23.0 Å². The lowest BCUT2D eigenvalue weighted by Gasteiger charge is -2.10. The summed E-state index contributed by atoms with van der Waals surface area (Å²) in [5, 5.41) is 0.348. The molecule has 0 radical (unpaired) electrons. The zero-order chi connectivity index (χ0) is 16.6. The molecule has 0 fully saturated rings. The summed E-state index contributed by atoms with van der Waals surface area (Å²) in [4.78, 5) is 0.752. The number of benzene rings is 1. The Morgan fingerprint density at radius 2 is 1.91 bits per heavy atom. The number of halogens is 5. The molecule has 0 saturated carbocycles. The van der Waals surface area contributed by atoms with E-state index in [4.69, 9.17) is 16.3 Å². The van der Waals surface area contributed by atoms with Crippen molar-refractivity contribution in [2.45, 2.75) is 36.6 Å². The fraction of sp³-hybridized carbons (Fsp3) is 0.571. The highest BCUT2D eigenvalue weighted by molar-refractivity contribution is 8.00. The van der Waals surface area contributed by atoms with E-state index in [2.05, 4.69) is 0 Å². The van der Waals surface area contributed by atoms with Crippen LogP contribution in [0.5, 0.6) is 5.75 Å². The quantitative estimate of drug-likeness (QED) is 0.280. The van der Waals surface area contributed by atoms with Gasteiger partial charge in [-0.25, -0.2) is 4.39 Å². The number of thioether (sulfide) groups is 2. The largest absolute Gasteiger partial charge is 0.490 e. The van der Waals surface area contributed by atoms with Gasteiger partial charge in [-0.1, -0.05) is 30.3 Å². The van der Waals surface area contributed by atoms with E-state index < -0.39 is 11.3 Å². The molecule has 0 atom stereocenters. The van der Waals surface area contributed by atoms with Crippen molar-refractivity contribution in [2.75, 3.05) is 18.1 Å². The number of rotatable bonds is 9. The molecule has 22 heavy (non-hydrogen) atoms. The summed E-state index contributed by atoms with van der Waals surface area (Å²) in [6, 6.07) is 2.78. The summed E-state index contributed by atoms with van der Waals surface area (Å²) >= 11 is 7.40. The summed E-state index contributed by atoms with van der Waals surface area (Å²) < 4.78 is 54.8. The van der Waals surface area contributed by atoms with Gasteiger partial charge in [0.05, 0.1) is 11.6 Å². The molecule has 0 spiro atoms. The zero-order valence-corrected chi connectivity index (χ0v) is 14.4. The summed E-state index contributed by atoms with van der Waals surface area (Å²) in [7, 11) is 0. The van der Waals surface area contributed by atoms with Crippen molar-refractivity contribution in [2.24, 2.45) is 0 Å². The average molecular weight is 377 g/mol. The van der Waals surface area contributed by atoms with Gasteiger partial charge in [0.2, 0.25) is 0 Å². The number of unbranched alkanes of at least 4 members (excludes halogenated alkanes) is 2. The van der Waals surface area contributed by atoms with E-state index in [0.29, 0.717) is 24.3 Å². The van der Waals surface area contributed by atoms with Gasteiger partial charge >= 0.3 is 5.51 Å². The molecule has 8 heteroatoms. The Bertz CT molecular complexity index is 469. The lowest BCUT2D eigenvalue weighted by molar-refractivity contribution is -0.0328. The lowest BCUT2D eigenvalue weighted by Crippen LogP contribution is -2.03. The molecule has 1 nitrogen and oxygen atoms in total. The van der Waals surface area contributed by atoms with Crippen molar-refractivity contribution < 1.29 is 22.3 Å². The maximum atomic E-state index is 13.7. The molecule has 0 aliphatic heterocycles. The molecule has 126 valence electrons. The third-order valence-corrected chi connectivity index (χ3v) is 4.78.